The molecule has 22 heavy (non-hydrogen) atoms. The van der Waals surface area contributed by atoms with E-state index in [1.54, 1.807) is 18.2 Å². The maximum atomic E-state index is 11.8. The Hall–Kier alpha value is -2.33. The zero-order valence-corrected chi connectivity index (χ0v) is 13.2. The van der Waals surface area contributed by atoms with Crippen LogP contribution in [0.1, 0.15) is 19.4 Å². The van der Waals surface area contributed by atoms with E-state index in [0.29, 0.717) is 10.8 Å². The minimum atomic E-state index is -0.259. The summed E-state index contributed by atoms with van der Waals surface area (Å²) < 4.78 is 5.61. The highest BCUT2D eigenvalue weighted by Crippen LogP contribution is 2.16. The van der Waals surface area contributed by atoms with Crippen LogP contribution in [0.25, 0.3) is 6.08 Å². The fourth-order valence-electron chi connectivity index (χ4n) is 1.75. The molecule has 1 aromatic carbocycles. The van der Waals surface area contributed by atoms with E-state index >= 15 is 0 Å². The average Bonchev–Trinajstić information content (AvgIpc) is 2.47. The first-order chi connectivity index (χ1) is 10.5. The highest BCUT2D eigenvalue weighted by molar-refractivity contribution is 6.30. The Balaban J connectivity index is 1.98. The predicted octanol–water partition coefficient (Wildman–Crippen LogP) is 4.17. The minimum Gasteiger partial charge on any atom is -0.491 e. The Morgan fingerprint density at radius 2 is 2.14 bits per heavy atom. The van der Waals surface area contributed by atoms with Crippen molar-refractivity contribution in [2.45, 2.75) is 20.0 Å². The molecule has 0 radical (unpaired) electrons. The van der Waals surface area contributed by atoms with Crippen LogP contribution in [0.2, 0.25) is 5.02 Å². The van der Waals surface area contributed by atoms with Gasteiger partial charge in [0.25, 0.3) is 0 Å². The third kappa shape index (κ3) is 5.22. The monoisotopic (exact) mass is 316 g/mol. The van der Waals surface area contributed by atoms with Crippen molar-refractivity contribution in [1.29, 1.82) is 0 Å². The number of aromatic nitrogens is 1. The van der Waals surface area contributed by atoms with Gasteiger partial charge in [-0.1, -0.05) is 23.7 Å². The Kier molecular flexibility index (Phi) is 5.55. The van der Waals surface area contributed by atoms with E-state index in [1.165, 1.54) is 12.3 Å². The Labute approximate surface area is 134 Å². The molecule has 1 N–H and O–H groups in total. The average molecular weight is 317 g/mol. The van der Waals surface area contributed by atoms with Crippen molar-refractivity contribution in [2.24, 2.45) is 0 Å². The van der Waals surface area contributed by atoms with Crippen LogP contribution in [0.3, 0.4) is 0 Å². The predicted molar refractivity (Wildman–Crippen MR) is 89.1 cm³/mol. The van der Waals surface area contributed by atoms with Gasteiger partial charge in [-0.15, -0.1) is 0 Å². The number of nitrogens with zero attached hydrogens (tertiary/aromatic N) is 1. The summed E-state index contributed by atoms with van der Waals surface area (Å²) in [7, 11) is 0. The van der Waals surface area contributed by atoms with Gasteiger partial charge >= 0.3 is 0 Å². The largest absolute Gasteiger partial charge is 0.491 e. The Bertz CT molecular complexity index is 667. The number of hydrogen-bond acceptors (Lipinski definition) is 3. The van der Waals surface area contributed by atoms with Gasteiger partial charge in [0, 0.05) is 12.3 Å². The van der Waals surface area contributed by atoms with E-state index in [-0.39, 0.29) is 12.0 Å². The van der Waals surface area contributed by atoms with Crippen molar-refractivity contribution in [1.82, 2.24) is 4.98 Å². The zero-order chi connectivity index (χ0) is 15.9. The fourth-order valence-corrected chi connectivity index (χ4v) is 1.87. The van der Waals surface area contributed by atoms with Crippen LogP contribution in [-0.4, -0.2) is 17.0 Å². The van der Waals surface area contributed by atoms with Crippen molar-refractivity contribution in [3.63, 3.8) is 0 Å². The molecule has 2 aromatic rings. The quantitative estimate of drug-likeness (QED) is 0.842. The summed E-state index contributed by atoms with van der Waals surface area (Å²) >= 11 is 5.74. The Morgan fingerprint density at radius 3 is 2.82 bits per heavy atom. The second-order valence-electron chi connectivity index (χ2n) is 4.92. The lowest BCUT2D eigenvalue weighted by Gasteiger charge is -2.09. The van der Waals surface area contributed by atoms with Gasteiger partial charge in [-0.25, -0.2) is 4.98 Å². The molecule has 1 aromatic heterocycles. The zero-order valence-electron chi connectivity index (χ0n) is 12.4. The molecule has 0 atom stereocenters. The smallest absolute Gasteiger partial charge is 0.249 e. The van der Waals surface area contributed by atoms with Gasteiger partial charge in [0.1, 0.15) is 11.6 Å². The van der Waals surface area contributed by atoms with E-state index in [0.717, 1.165) is 11.3 Å². The molecular formula is C17H17ClN2O2. The number of pyridine rings is 1. The number of ether oxygens (including phenoxy) is 1. The molecule has 5 heteroatoms. The van der Waals surface area contributed by atoms with Crippen LogP contribution >= 0.6 is 11.6 Å². The molecule has 1 heterocycles. The van der Waals surface area contributed by atoms with Gasteiger partial charge < -0.3 is 10.1 Å². The van der Waals surface area contributed by atoms with Crippen LogP contribution in [0.5, 0.6) is 5.75 Å². The van der Waals surface area contributed by atoms with Crippen LogP contribution in [0.4, 0.5) is 5.82 Å². The van der Waals surface area contributed by atoms with Gasteiger partial charge in [-0.2, -0.15) is 0 Å². The first kappa shape index (κ1) is 16.0. The molecule has 2 rings (SSSR count). The molecule has 0 fully saturated rings. The fraction of sp³-hybridized carbons (Fsp3) is 0.176. The summed E-state index contributed by atoms with van der Waals surface area (Å²) in [6.45, 7) is 3.93. The highest BCUT2D eigenvalue weighted by atomic mass is 35.5. The molecule has 4 nitrogen and oxygen atoms in total. The maximum absolute atomic E-state index is 11.8. The number of amides is 1. The summed E-state index contributed by atoms with van der Waals surface area (Å²) in [6, 6.07) is 10.9. The summed E-state index contributed by atoms with van der Waals surface area (Å²) in [5, 5.41) is 3.18. The number of anilines is 1. The second kappa shape index (κ2) is 7.61. The summed E-state index contributed by atoms with van der Waals surface area (Å²) in [5.41, 5.74) is 0.886. The molecule has 1 amide bonds. The lowest BCUT2D eigenvalue weighted by Crippen LogP contribution is -2.08. The first-order valence-corrected chi connectivity index (χ1v) is 7.28. The summed E-state index contributed by atoms with van der Waals surface area (Å²) in [4.78, 5) is 15.8. The van der Waals surface area contributed by atoms with Gasteiger partial charge in [0.05, 0.1) is 11.1 Å². The summed E-state index contributed by atoms with van der Waals surface area (Å²) in [5.74, 6) is 0.970. The first-order valence-electron chi connectivity index (χ1n) is 6.90. The normalized spacial score (nSPS) is 10.9. The molecule has 0 unspecified atom stereocenters. The third-order valence-electron chi connectivity index (χ3n) is 2.64. The molecule has 0 saturated carbocycles. The lowest BCUT2D eigenvalue weighted by atomic mass is 10.2. The van der Waals surface area contributed by atoms with Crippen LogP contribution in [0.15, 0.2) is 48.7 Å². The molecule has 0 bridgehead atoms. The van der Waals surface area contributed by atoms with Crippen LogP contribution < -0.4 is 10.1 Å². The lowest BCUT2D eigenvalue weighted by molar-refractivity contribution is -0.111. The minimum absolute atomic E-state index is 0.110. The second-order valence-corrected chi connectivity index (χ2v) is 5.36. The Morgan fingerprint density at radius 1 is 1.32 bits per heavy atom. The number of halogens is 1. The molecule has 0 saturated heterocycles. The summed E-state index contributed by atoms with van der Waals surface area (Å²) in [6.07, 6.45) is 4.76. The van der Waals surface area contributed by atoms with E-state index in [4.69, 9.17) is 16.3 Å². The van der Waals surface area contributed by atoms with E-state index in [9.17, 15) is 4.79 Å². The number of carbonyl (C=O) groups is 1. The van der Waals surface area contributed by atoms with E-state index in [2.05, 4.69) is 10.3 Å². The standard InChI is InChI=1S/C17H17ClN2O2/c1-12(2)22-15-5-3-4-13(10-15)6-9-17(21)20-16-8-7-14(18)11-19-16/h3-12H,1-2H3,(H,19,20,21)/b9-6+. The van der Waals surface area contributed by atoms with Crippen molar-refractivity contribution in [3.8, 4) is 5.75 Å². The van der Waals surface area contributed by atoms with Crippen LogP contribution in [-0.2, 0) is 4.79 Å². The molecule has 0 spiro atoms. The third-order valence-corrected chi connectivity index (χ3v) is 2.86. The SMILES string of the molecule is CC(C)Oc1cccc(/C=C/C(=O)Nc2ccc(Cl)cn2)c1. The van der Waals surface area contributed by atoms with Crippen molar-refractivity contribution in [2.75, 3.05) is 5.32 Å². The topological polar surface area (TPSA) is 51.2 Å². The number of carbonyl (C=O) groups excluding carboxylic acids is 1. The molecule has 0 aliphatic carbocycles. The number of hydrogen-bond donors (Lipinski definition) is 1. The number of benzene rings is 1. The van der Waals surface area contributed by atoms with Crippen molar-refractivity contribution in [3.05, 3.63) is 59.3 Å². The van der Waals surface area contributed by atoms with Crippen LogP contribution in [0, 0.1) is 0 Å². The van der Waals surface area contributed by atoms with E-state index in [1.807, 2.05) is 38.1 Å². The highest BCUT2D eigenvalue weighted by Gasteiger charge is 2.00. The number of nitrogens with one attached hydrogen (secondary N) is 1. The van der Waals surface area contributed by atoms with Gasteiger partial charge in [-0.3, -0.25) is 4.79 Å². The van der Waals surface area contributed by atoms with Crippen molar-refractivity contribution < 1.29 is 9.53 Å². The molecule has 0 aliphatic heterocycles. The molecule has 0 aliphatic rings. The van der Waals surface area contributed by atoms with E-state index < -0.39 is 0 Å². The molecular weight excluding hydrogens is 300 g/mol. The van der Waals surface area contributed by atoms with Gasteiger partial charge in [0.2, 0.25) is 5.91 Å². The molecule has 114 valence electrons. The van der Waals surface area contributed by atoms with Gasteiger partial charge in [-0.05, 0) is 49.8 Å². The maximum Gasteiger partial charge on any atom is 0.249 e. The van der Waals surface area contributed by atoms with Gasteiger partial charge in [0.15, 0.2) is 0 Å². The number of rotatable bonds is 5. The van der Waals surface area contributed by atoms with Crippen molar-refractivity contribution >= 4 is 29.4 Å².